The third kappa shape index (κ3) is 2.99. The van der Waals surface area contributed by atoms with Gasteiger partial charge in [-0.3, -0.25) is 0 Å². The normalized spacial score (nSPS) is 14.9. The topological polar surface area (TPSA) is 38.7 Å². The monoisotopic (exact) mass is 388 g/mol. The van der Waals surface area contributed by atoms with Crippen LogP contribution < -0.4 is 9.47 Å². The van der Waals surface area contributed by atoms with E-state index in [1.807, 2.05) is 6.07 Å². The summed E-state index contributed by atoms with van der Waals surface area (Å²) in [6.45, 7) is 0.963. The van der Waals surface area contributed by atoms with Crippen molar-refractivity contribution in [3.8, 4) is 11.5 Å². The smallest absolute Gasteiger partial charge is 0.162 e. The summed E-state index contributed by atoms with van der Waals surface area (Å²) in [4.78, 5) is 0. The molecule has 1 aliphatic heterocycles. The molecule has 1 unspecified atom stereocenters. The largest absolute Gasteiger partial charge is 0.486 e. The molecule has 0 aromatic heterocycles. The third-order valence-electron chi connectivity index (χ3n) is 3.21. The van der Waals surface area contributed by atoms with E-state index in [-0.39, 0.29) is 0 Å². The first-order chi connectivity index (χ1) is 10.1. The summed E-state index contributed by atoms with van der Waals surface area (Å²) < 4.78 is 11.8. The van der Waals surface area contributed by atoms with Gasteiger partial charge in [-0.1, -0.05) is 39.1 Å². The van der Waals surface area contributed by atoms with Crippen LogP contribution in [0.3, 0.4) is 0 Å². The molecule has 0 spiro atoms. The van der Waals surface area contributed by atoms with Crippen molar-refractivity contribution in [3.05, 3.63) is 56.0 Å². The minimum absolute atomic E-state index is 0.405. The molecule has 1 atom stereocenters. The van der Waals surface area contributed by atoms with Gasteiger partial charge in [0, 0.05) is 26.7 Å². The van der Waals surface area contributed by atoms with Crippen LogP contribution in [0.4, 0.5) is 0 Å². The van der Waals surface area contributed by atoms with Crippen molar-refractivity contribution in [3.63, 3.8) is 0 Å². The molecule has 0 fully saturated rings. The van der Waals surface area contributed by atoms with Gasteiger partial charge in [-0.25, -0.2) is 0 Å². The number of hydrogen-bond acceptors (Lipinski definition) is 3. The van der Waals surface area contributed by atoms with Crippen molar-refractivity contribution in [2.45, 2.75) is 6.10 Å². The summed E-state index contributed by atoms with van der Waals surface area (Å²) in [6.07, 6.45) is -0.946. The Morgan fingerprint density at radius 1 is 0.952 bits per heavy atom. The van der Waals surface area contributed by atoms with Crippen LogP contribution in [0.15, 0.2) is 34.8 Å². The Bertz CT molecular complexity index is 691. The number of aliphatic hydroxyl groups excluding tert-OH is 1. The Morgan fingerprint density at radius 2 is 1.57 bits per heavy atom. The van der Waals surface area contributed by atoms with Gasteiger partial charge in [-0.15, -0.1) is 0 Å². The molecule has 0 saturated heterocycles. The zero-order chi connectivity index (χ0) is 15.0. The fourth-order valence-corrected chi connectivity index (χ4v) is 3.04. The Hall–Kier alpha value is -0.940. The van der Waals surface area contributed by atoms with Crippen molar-refractivity contribution in [1.29, 1.82) is 0 Å². The van der Waals surface area contributed by atoms with Crippen LogP contribution in [0.25, 0.3) is 0 Å². The van der Waals surface area contributed by atoms with Crippen molar-refractivity contribution in [1.82, 2.24) is 0 Å². The Balaban J connectivity index is 2.05. The van der Waals surface area contributed by atoms with Crippen LogP contribution in [-0.4, -0.2) is 18.3 Å². The number of aliphatic hydroxyl groups is 1. The molecule has 6 heteroatoms. The number of ether oxygens (including phenoxy) is 2. The second-order valence-electron chi connectivity index (χ2n) is 4.59. The molecule has 1 N–H and O–H groups in total. The lowest BCUT2D eigenvalue weighted by atomic mass is 10.0. The molecule has 3 rings (SSSR count). The summed E-state index contributed by atoms with van der Waals surface area (Å²) in [6, 6.07) is 8.64. The molecule has 0 aliphatic carbocycles. The lowest BCUT2D eigenvalue weighted by molar-refractivity contribution is 0.169. The third-order valence-corrected chi connectivity index (χ3v) is 4.37. The van der Waals surface area contributed by atoms with E-state index in [1.165, 1.54) is 0 Å². The lowest BCUT2D eigenvalue weighted by Gasteiger charge is -2.22. The molecule has 21 heavy (non-hydrogen) atoms. The summed E-state index contributed by atoms with van der Waals surface area (Å²) >= 11 is 15.8. The molecule has 110 valence electrons. The van der Waals surface area contributed by atoms with Gasteiger partial charge >= 0.3 is 0 Å². The zero-order valence-electron chi connectivity index (χ0n) is 10.8. The van der Waals surface area contributed by atoms with Gasteiger partial charge in [0.2, 0.25) is 0 Å². The van der Waals surface area contributed by atoms with Gasteiger partial charge in [-0.05, 0) is 24.3 Å². The van der Waals surface area contributed by atoms with E-state index in [0.717, 1.165) is 4.47 Å². The molecule has 3 nitrogen and oxygen atoms in total. The molecule has 0 bridgehead atoms. The fourth-order valence-electron chi connectivity index (χ4n) is 2.18. The van der Waals surface area contributed by atoms with E-state index in [0.29, 0.717) is 45.9 Å². The summed E-state index contributed by atoms with van der Waals surface area (Å²) in [7, 11) is 0. The average molecular weight is 390 g/mol. The van der Waals surface area contributed by atoms with Gasteiger partial charge in [0.1, 0.15) is 19.3 Å². The maximum absolute atomic E-state index is 10.6. The van der Waals surface area contributed by atoms with Gasteiger partial charge < -0.3 is 14.6 Å². The number of halogens is 3. The highest BCUT2D eigenvalue weighted by Crippen LogP contribution is 2.40. The van der Waals surface area contributed by atoms with Crippen molar-refractivity contribution in [2.24, 2.45) is 0 Å². The highest BCUT2D eigenvalue weighted by Gasteiger charge is 2.22. The van der Waals surface area contributed by atoms with E-state index in [1.54, 1.807) is 24.3 Å². The van der Waals surface area contributed by atoms with Crippen LogP contribution in [0, 0.1) is 0 Å². The average Bonchev–Trinajstić information content (AvgIpc) is 2.48. The van der Waals surface area contributed by atoms with E-state index < -0.39 is 6.10 Å². The quantitative estimate of drug-likeness (QED) is 0.815. The number of rotatable bonds is 2. The van der Waals surface area contributed by atoms with Crippen molar-refractivity contribution >= 4 is 39.1 Å². The van der Waals surface area contributed by atoms with E-state index in [2.05, 4.69) is 15.9 Å². The maximum Gasteiger partial charge on any atom is 0.162 e. The van der Waals surface area contributed by atoms with Crippen molar-refractivity contribution in [2.75, 3.05) is 13.2 Å². The molecule has 0 radical (unpaired) electrons. The van der Waals surface area contributed by atoms with Gasteiger partial charge in [0.15, 0.2) is 11.5 Å². The molecule has 1 aliphatic rings. The molecule has 0 saturated carbocycles. The predicted octanol–water partition coefficient (Wildman–Crippen LogP) is 4.61. The zero-order valence-corrected chi connectivity index (χ0v) is 13.9. The molecule has 0 amide bonds. The Kier molecular flexibility index (Phi) is 4.31. The minimum atomic E-state index is -0.946. The number of benzene rings is 2. The minimum Gasteiger partial charge on any atom is -0.486 e. The first kappa shape index (κ1) is 15.0. The fraction of sp³-hybridized carbons (Fsp3) is 0.200. The SMILES string of the molecule is OC(c1cc(Br)ccc1Cl)c1cc2c(cc1Cl)OCCO2. The van der Waals surface area contributed by atoms with Crippen LogP contribution >= 0.6 is 39.1 Å². The van der Waals surface area contributed by atoms with Crippen LogP contribution in [0.1, 0.15) is 17.2 Å². The van der Waals surface area contributed by atoms with E-state index in [9.17, 15) is 5.11 Å². The molecule has 2 aromatic carbocycles. The van der Waals surface area contributed by atoms with Gasteiger partial charge in [0.25, 0.3) is 0 Å². The summed E-state index contributed by atoms with van der Waals surface area (Å²) in [5.41, 5.74) is 1.10. The van der Waals surface area contributed by atoms with Crippen LogP contribution in [-0.2, 0) is 0 Å². The summed E-state index contributed by atoms with van der Waals surface area (Å²) in [5.74, 6) is 1.16. The highest BCUT2D eigenvalue weighted by molar-refractivity contribution is 9.10. The van der Waals surface area contributed by atoms with E-state index in [4.69, 9.17) is 32.7 Å². The van der Waals surface area contributed by atoms with Crippen LogP contribution in [0.5, 0.6) is 11.5 Å². The van der Waals surface area contributed by atoms with Crippen LogP contribution in [0.2, 0.25) is 10.0 Å². The Labute approximate surface area is 140 Å². The molecule has 1 heterocycles. The second-order valence-corrected chi connectivity index (χ2v) is 6.32. The van der Waals surface area contributed by atoms with Gasteiger partial charge in [-0.2, -0.15) is 0 Å². The first-order valence-electron chi connectivity index (χ1n) is 6.28. The summed E-state index contributed by atoms with van der Waals surface area (Å²) in [5, 5.41) is 11.5. The number of fused-ring (bicyclic) bond motifs is 1. The van der Waals surface area contributed by atoms with Crippen molar-refractivity contribution < 1.29 is 14.6 Å². The first-order valence-corrected chi connectivity index (χ1v) is 7.83. The molecule has 2 aromatic rings. The standard InChI is InChI=1S/C15H11BrCl2O3/c16-8-1-2-11(17)9(5-8)15(19)10-6-13-14(7-12(10)18)21-4-3-20-13/h1-2,5-7,15,19H,3-4H2. The molecular weight excluding hydrogens is 379 g/mol. The lowest BCUT2D eigenvalue weighted by Crippen LogP contribution is -2.16. The Morgan fingerprint density at radius 3 is 2.29 bits per heavy atom. The van der Waals surface area contributed by atoms with Gasteiger partial charge in [0.05, 0.1) is 5.02 Å². The predicted molar refractivity (Wildman–Crippen MR) is 85.7 cm³/mol. The van der Waals surface area contributed by atoms with E-state index >= 15 is 0 Å². The maximum atomic E-state index is 10.6. The highest BCUT2D eigenvalue weighted by atomic mass is 79.9. The second kappa shape index (κ2) is 6.05. The number of hydrogen-bond donors (Lipinski definition) is 1. The molecular formula is C15H11BrCl2O3.